The number of halogens is 1. The van der Waals surface area contributed by atoms with Crippen molar-refractivity contribution in [2.24, 2.45) is 5.73 Å². The molecule has 0 saturated heterocycles. The molecule has 0 aliphatic carbocycles. The summed E-state index contributed by atoms with van der Waals surface area (Å²) in [5.74, 6) is -0.212. The van der Waals surface area contributed by atoms with Gasteiger partial charge in [-0.05, 0) is 59.4 Å². The third-order valence-corrected chi connectivity index (χ3v) is 3.65. The summed E-state index contributed by atoms with van der Waals surface area (Å²) < 4.78 is 13.4. The van der Waals surface area contributed by atoms with Gasteiger partial charge in [-0.1, -0.05) is 43.8 Å². The Morgan fingerprint density at radius 3 is 2.57 bits per heavy atom. The first-order chi connectivity index (χ1) is 10.1. The number of nitrogens with two attached hydrogens (primary N) is 1. The normalized spacial score (nSPS) is 12.0. The van der Waals surface area contributed by atoms with Gasteiger partial charge in [-0.15, -0.1) is 0 Å². The van der Waals surface area contributed by atoms with Crippen LogP contribution in [-0.2, 0) is 0 Å². The lowest BCUT2D eigenvalue weighted by Crippen LogP contribution is -2.03. The van der Waals surface area contributed by atoms with Crippen molar-refractivity contribution < 1.29 is 4.39 Å². The first-order valence-electron chi connectivity index (χ1n) is 7.05. The van der Waals surface area contributed by atoms with Crippen LogP contribution in [0.15, 0.2) is 49.0 Å². The van der Waals surface area contributed by atoms with E-state index in [0.717, 1.165) is 28.7 Å². The summed E-state index contributed by atoms with van der Waals surface area (Å²) in [5.41, 5.74) is 11.7. The number of rotatable bonds is 4. The summed E-state index contributed by atoms with van der Waals surface area (Å²) in [4.78, 5) is 0. The second-order valence-corrected chi connectivity index (χ2v) is 5.00. The van der Waals surface area contributed by atoms with Crippen LogP contribution < -0.4 is 5.73 Å². The summed E-state index contributed by atoms with van der Waals surface area (Å²) >= 11 is 0. The minimum Gasteiger partial charge on any atom is -0.398 e. The molecule has 0 aromatic heterocycles. The molecule has 0 radical (unpaired) electrons. The number of hydrogen-bond donors (Lipinski definition) is 1. The van der Waals surface area contributed by atoms with Crippen molar-refractivity contribution >= 4 is 17.3 Å². The average Bonchev–Trinajstić information content (AvgIpc) is 2.51. The molecular weight excluding hydrogens is 261 g/mol. The van der Waals surface area contributed by atoms with Crippen LogP contribution in [0.5, 0.6) is 0 Å². The fourth-order valence-electron chi connectivity index (χ4n) is 2.46. The molecule has 0 saturated carbocycles. The molecule has 2 aromatic carbocycles. The van der Waals surface area contributed by atoms with Gasteiger partial charge in [0.15, 0.2) is 0 Å². The van der Waals surface area contributed by atoms with Crippen LogP contribution in [0.1, 0.15) is 35.6 Å². The molecule has 2 N–H and O–H groups in total. The van der Waals surface area contributed by atoms with Gasteiger partial charge in [0, 0.05) is 5.70 Å². The SMILES string of the molecule is C=Cc1ccccc1/C(CC)=C(\N)c1ccc(F)c(C)c1. The fourth-order valence-corrected chi connectivity index (χ4v) is 2.46. The van der Waals surface area contributed by atoms with E-state index >= 15 is 0 Å². The summed E-state index contributed by atoms with van der Waals surface area (Å²) in [6.45, 7) is 7.67. The van der Waals surface area contributed by atoms with Crippen LogP contribution in [0.3, 0.4) is 0 Å². The molecule has 0 fully saturated rings. The molecule has 0 heterocycles. The molecule has 21 heavy (non-hydrogen) atoms. The Labute approximate surface area is 125 Å². The second-order valence-electron chi connectivity index (χ2n) is 5.00. The van der Waals surface area contributed by atoms with E-state index in [0.29, 0.717) is 11.3 Å². The molecule has 0 aliphatic heterocycles. The smallest absolute Gasteiger partial charge is 0.126 e. The minimum atomic E-state index is -0.212. The Bertz CT molecular complexity index is 698. The van der Waals surface area contributed by atoms with Crippen LogP contribution in [-0.4, -0.2) is 0 Å². The zero-order valence-corrected chi connectivity index (χ0v) is 12.5. The third kappa shape index (κ3) is 3.05. The molecule has 0 amide bonds. The quantitative estimate of drug-likeness (QED) is 0.783. The highest BCUT2D eigenvalue weighted by molar-refractivity contribution is 5.91. The van der Waals surface area contributed by atoms with Crippen LogP contribution in [0.2, 0.25) is 0 Å². The van der Waals surface area contributed by atoms with Crippen LogP contribution in [0, 0.1) is 12.7 Å². The molecule has 0 aliphatic rings. The molecule has 2 rings (SSSR count). The summed E-state index contributed by atoms with van der Waals surface area (Å²) in [6, 6.07) is 13.0. The van der Waals surface area contributed by atoms with Crippen molar-refractivity contribution in [3.05, 3.63) is 77.1 Å². The zero-order valence-electron chi connectivity index (χ0n) is 12.5. The van der Waals surface area contributed by atoms with E-state index in [1.54, 1.807) is 19.1 Å². The van der Waals surface area contributed by atoms with Gasteiger partial charge in [0.25, 0.3) is 0 Å². The van der Waals surface area contributed by atoms with Crippen molar-refractivity contribution in [2.45, 2.75) is 20.3 Å². The van der Waals surface area contributed by atoms with E-state index in [9.17, 15) is 4.39 Å². The number of benzene rings is 2. The second kappa shape index (κ2) is 6.40. The van der Waals surface area contributed by atoms with Gasteiger partial charge in [0.05, 0.1) is 0 Å². The maximum atomic E-state index is 13.4. The van der Waals surface area contributed by atoms with Crippen LogP contribution in [0.25, 0.3) is 17.3 Å². The molecule has 0 spiro atoms. The third-order valence-electron chi connectivity index (χ3n) is 3.65. The predicted octanol–water partition coefficient (Wildman–Crippen LogP) is 5.01. The molecular formula is C19H20FN. The van der Waals surface area contributed by atoms with Crippen LogP contribution in [0.4, 0.5) is 4.39 Å². The van der Waals surface area contributed by atoms with E-state index in [2.05, 4.69) is 13.5 Å². The largest absolute Gasteiger partial charge is 0.398 e. The van der Waals surface area contributed by atoms with E-state index in [-0.39, 0.29) is 5.82 Å². The minimum absolute atomic E-state index is 0.212. The predicted molar refractivity (Wildman–Crippen MR) is 89.0 cm³/mol. The molecule has 2 aromatic rings. The van der Waals surface area contributed by atoms with Crippen molar-refractivity contribution in [2.75, 3.05) is 0 Å². The first kappa shape index (κ1) is 15.0. The van der Waals surface area contributed by atoms with Crippen molar-refractivity contribution in [3.63, 3.8) is 0 Å². The van der Waals surface area contributed by atoms with E-state index in [1.165, 1.54) is 6.07 Å². The Morgan fingerprint density at radius 2 is 1.95 bits per heavy atom. The maximum absolute atomic E-state index is 13.4. The van der Waals surface area contributed by atoms with Gasteiger partial charge in [0.2, 0.25) is 0 Å². The lowest BCUT2D eigenvalue weighted by atomic mass is 9.93. The Kier molecular flexibility index (Phi) is 4.59. The van der Waals surface area contributed by atoms with Gasteiger partial charge in [-0.3, -0.25) is 0 Å². The highest BCUT2D eigenvalue weighted by atomic mass is 19.1. The summed E-state index contributed by atoms with van der Waals surface area (Å²) in [5, 5.41) is 0. The molecule has 0 atom stereocenters. The van der Waals surface area contributed by atoms with E-state index in [1.807, 2.05) is 30.3 Å². The first-order valence-corrected chi connectivity index (χ1v) is 7.05. The standard InChI is InChI=1S/C19H20FN/c1-4-14-8-6-7-9-17(14)16(5-2)19(21)15-10-11-18(20)13(3)12-15/h4,6-12H,1,5,21H2,2-3H3/b19-16-. The van der Waals surface area contributed by atoms with Crippen molar-refractivity contribution in [1.29, 1.82) is 0 Å². The Balaban J connectivity index is 2.61. The van der Waals surface area contributed by atoms with Crippen molar-refractivity contribution in [1.82, 2.24) is 0 Å². The topological polar surface area (TPSA) is 26.0 Å². The molecule has 0 unspecified atom stereocenters. The Hall–Kier alpha value is -2.35. The van der Waals surface area contributed by atoms with Gasteiger partial charge >= 0.3 is 0 Å². The van der Waals surface area contributed by atoms with Gasteiger partial charge in [-0.25, -0.2) is 4.39 Å². The van der Waals surface area contributed by atoms with E-state index in [4.69, 9.17) is 5.73 Å². The number of allylic oxidation sites excluding steroid dienone is 1. The lowest BCUT2D eigenvalue weighted by molar-refractivity contribution is 0.618. The zero-order chi connectivity index (χ0) is 15.4. The van der Waals surface area contributed by atoms with Crippen molar-refractivity contribution in [3.8, 4) is 0 Å². The molecule has 108 valence electrons. The number of aryl methyl sites for hydroxylation is 1. The van der Waals surface area contributed by atoms with E-state index < -0.39 is 0 Å². The molecule has 1 nitrogen and oxygen atoms in total. The average molecular weight is 281 g/mol. The van der Waals surface area contributed by atoms with Gasteiger partial charge < -0.3 is 5.73 Å². The lowest BCUT2D eigenvalue weighted by Gasteiger charge is -2.14. The Morgan fingerprint density at radius 1 is 1.24 bits per heavy atom. The molecule has 0 bridgehead atoms. The molecule has 2 heteroatoms. The summed E-state index contributed by atoms with van der Waals surface area (Å²) in [7, 11) is 0. The highest BCUT2D eigenvalue weighted by Crippen LogP contribution is 2.29. The number of hydrogen-bond acceptors (Lipinski definition) is 1. The fraction of sp³-hybridized carbons (Fsp3) is 0.158. The van der Waals surface area contributed by atoms with Gasteiger partial charge in [-0.2, -0.15) is 0 Å². The maximum Gasteiger partial charge on any atom is 0.126 e. The highest BCUT2D eigenvalue weighted by Gasteiger charge is 2.10. The van der Waals surface area contributed by atoms with Gasteiger partial charge in [0.1, 0.15) is 5.82 Å². The summed E-state index contributed by atoms with van der Waals surface area (Å²) in [6.07, 6.45) is 2.63. The van der Waals surface area contributed by atoms with Crippen LogP contribution >= 0.6 is 0 Å². The monoisotopic (exact) mass is 281 g/mol.